The second-order valence-electron chi connectivity index (χ2n) is 4.98. The largest absolute Gasteiger partial charge is 0.449 e. The molecule has 0 aliphatic carbocycles. The molecule has 4 nitrogen and oxygen atoms in total. The number of amides is 1. The summed E-state index contributed by atoms with van der Waals surface area (Å²) in [7, 11) is 0. The number of benzene rings is 1. The highest BCUT2D eigenvalue weighted by atomic mass is 16.5. The summed E-state index contributed by atoms with van der Waals surface area (Å²) in [5.74, 6) is 0.349. The summed E-state index contributed by atoms with van der Waals surface area (Å²) < 4.78 is 5.13. The fourth-order valence-electron chi connectivity index (χ4n) is 2.02. The number of rotatable bonds is 3. The molecule has 1 aliphatic rings. The molecule has 1 aromatic carbocycles. The minimum Gasteiger partial charge on any atom is -0.449 e. The highest BCUT2D eigenvalue weighted by molar-refractivity contribution is 5.87. The monoisotopic (exact) mass is 248 g/mol. The Hall–Kier alpha value is -1.71. The van der Waals surface area contributed by atoms with E-state index in [1.165, 1.54) is 5.56 Å². The van der Waals surface area contributed by atoms with Crippen LogP contribution in [0.25, 0.3) is 0 Å². The first kappa shape index (κ1) is 12.7. The summed E-state index contributed by atoms with van der Waals surface area (Å²) in [6, 6.07) is 5.90. The van der Waals surface area contributed by atoms with Crippen LogP contribution in [0.3, 0.4) is 0 Å². The van der Waals surface area contributed by atoms with Crippen LogP contribution in [-0.2, 0) is 11.2 Å². The maximum atomic E-state index is 11.6. The molecule has 2 rings (SSSR count). The molecule has 0 saturated heterocycles. The molecule has 0 saturated carbocycles. The number of hydrogen-bond donors (Lipinski definition) is 2. The number of hydrogen-bond acceptors (Lipinski definition) is 3. The van der Waals surface area contributed by atoms with Crippen molar-refractivity contribution in [2.45, 2.75) is 26.7 Å². The molecule has 0 radical (unpaired) electrons. The van der Waals surface area contributed by atoms with E-state index in [2.05, 4.69) is 10.6 Å². The van der Waals surface area contributed by atoms with E-state index in [4.69, 9.17) is 4.74 Å². The Morgan fingerprint density at radius 1 is 1.50 bits per heavy atom. The topological polar surface area (TPSA) is 50.4 Å². The van der Waals surface area contributed by atoms with Crippen LogP contribution in [-0.4, -0.2) is 19.2 Å². The molecule has 0 bridgehead atoms. The van der Waals surface area contributed by atoms with Crippen LogP contribution in [0.15, 0.2) is 18.2 Å². The summed E-state index contributed by atoms with van der Waals surface area (Å²) in [6.07, 6.45) is 1.71. The van der Waals surface area contributed by atoms with Gasteiger partial charge in [0.1, 0.15) is 0 Å². The summed E-state index contributed by atoms with van der Waals surface area (Å²) in [4.78, 5) is 11.6. The van der Waals surface area contributed by atoms with Gasteiger partial charge in [0.15, 0.2) is 0 Å². The molecule has 0 fully saturated rings. The van der Waals surface area contributed by atoms with E-state index in [0.29, 0.717) is 12.5 Å². The lowest BCUT2D eigenvalue weighted by molar-refractivity contribution is 0.147. The minimum atomic E-state index is -0.373. The third-order valence-corrected chi connectivity index (χ3v) is 2.88. The summed E-state index contributed by atoms with van der Waals surface area (Å²) in [5.41, 5.74) is 3.14. The normalized spacial score (nSPS) is 13.7. The second-order valence-corrected chi connectivity index (χ2v) is 4.98. The van der Waals surface area contributed by atoms with Gasteiger partial charge in [-0.25, -0.2) is 4.79 Å². The first-order chi connectivity index (χ1) is 8.66. The molecule has 1 heterocycles. The van der Waals surface area contributed by atoms with Gasteiger partial charge in [-0.3, -0.25) is 5.32 Å². The molecule has 98 valence electrons. The van der Waals surface area contributed by atoms with E-state index in [1.807, 2.05) is 32.0 Å². The smallest absolute Gasteiger partial charge is 0.411 e. The highest BCUT2D eigenvalue weighted by Gasteiger charge is 2.14. The van der Waals surface area contributed by atoms with Gasteiger partial charge in [0.25, 0.3) is 0 Å². The molecule has 1 aliphatic heterocycles. The van der Waals surface area contributed by atoms with Crippen molar-refractivity contribution in [3.05, 3.63) is 23.8 Å². The summed E-state index contributed by atoms with van der Waals surface area (Å²) in [6.45, 7) is 5.47. The van der Waals surface area contributed by atoms with Gasteiger partial charge < -0.3 is 10.1 Å². The number of ether oxygens (including phenoxy) is 1. The van der Waals surface area contributed by atoms with Crippen LogP contribution in [0, 0.1) is 5.92 Å². The quantitative estimate of drug-likeness (QED) is 0.863. The fraction of sp³-hybridized carbons (Fsp3) is 0.500. The Kier molecular flexibility index (Phi) is 4.07. The predicted molar refractivity (Wildman–Crippen MR) is 73.1 cm³/mol. The highest BCUT2D eigenvalue weighted by Crippen LogP contribution is 2.28. The lowest BCUT2D eigenvalue weighted by Gasteiger charge is -2.21. The van der Waals surface area contributed by atoms with Crippen molar-refractivity contribution in [2.75, 3.05) is 23.8 Å². The average Bonchev–Trinajstić information content (AvgIpc) is 2.37. The van der Waals surface area contributed by atoms with Crippen LogP contribution in [0.5, 0.6) is 0 Å². The van der Waals surface area contributed by atoms with Crippen LogP contribution in [0.4, 0.5) is 16.2 Å². The Balaban J connectivity index is 2.03. The molecule has 0 atom stereocenters. The average molecular weight is 248 g/mol. The van der Waals surface area contributed by atoms with E-state index < -0.39 is 0 Å². The minimum absolute atomic E-state index is 0.349. The van der Waals surface area contributed by atoms with Crippen molar-refractivity contribution in [1.82, 2.24) is 0 Å². The van der Waals surface area contributed by atoms with Crippen molar-refractivity contribution in [3.8, 4) is 0 Å². The summed E-state index contributed by atoms with van der Waals surface area (Å²) >= 11 is 0. The molecular formula is C14H20N2O2. The number of carbonyl (C=O) groups excluding carboxylic acids is 1. The van der Waals surface area contributed by atoms with Crippen molar-refractivity contribution in [3.63, 3.8) is 0 Å². The first-order valence-electron chi connectivity index (χ1n) is 6.46. The zero-order valence-electron chi connectivity index (χ0n) is 11.0. The van der Waals surface area contributed by atoms with Crippen molar-refractivity contribution in [2.24, 2.45) is 5.92 Å². The zero-order chi connectivity index (χ0) is 13.0. The van der Waals surface area contributed by atoms with Gasteiger partial charge in [0.05, 0.1) is 6.61 Å². The second kappa shape index (κ2) is 5.76. The van der Waals surface area contributed by atoms with E-state index in [9.17, 15) is 4.79 Å². The van der Waals surface area contributed by atoms with Crippen molar-refractivity contribution < 1.29 is 9.53 Å². The Morgan fingerprint density at radius 3 is 3.11 bits per heavy atom. The Bertz CT molecular complexity index is 430. The maximum absolute atomic E-state index is 11.6. The predicted octanol–water partition coefficient (Wildman–Crippen LogP) is 3.25. The van der Waals surface area contributed by atoms with E-state index in [0.717, 1.165) is 30.8 Å². The van der Waals surface area contributed by atoms with Crippen LogP contribution in [0.1, 0.15) is 25.8 Å². The molecule has 4 heteroatoms. The van der Waals surface area contributed by atoms with Gasteiger partial charge in [-0.05, 0) is 36.5 Å². The van der Waals surface area contributed by atoms with Gasteiger partial charge >= 0.3 is 6.09 Å². The molecule has 0 unspecified atom stereocenters. The third kappa shape index (κ3) is 3.15. The Labute approximate surface area is 108 Å². The fourth-order valence-corrected chi connectivity index (χ4v) is 2.02. The molecule has 2 N–H and O–H groups in total. The van der Waals surface area contributed by atoms with Crippen LogP contribution >= 0.6 is 0 Å². The number of carbonyl (C=O) groups is 1. The standard InChI is InChI=1S/C14H20N2O2/c1-10(2)9-18-14(17)16-13-7-3-6-12-11(13)5-4-8-15-12/h3,6-7,10,15H,4-5,8-9H2,1-2H3,(H,16,17). The lowest BCUT2D eigenvalue weighted by atomic mass is 10.0. The van der Waals surface area contributed by atoms with Gasteiger partial charge in [-0.2, -0.15) is 0 Å². The van der Waals surface area contributed by atoms with Gasteiger partial charge in [0.2, 0.25) is 0 Å². The molecule has 18 heavy (non-hydrogen) atoms. The van der Waals surface area contributed by atoms with Crippen molar-refractivity contribution >= 4 is 17.5 Å². The lowest BCUT2D eigenvalue weighted by Crippen LogP contribution is -2.19. The van der Waals surface area contributed by atoms with E-state index in [-0.39, 0.29) is 6.09 Å². The van der Waals surface area contributed by atoms with Crippen molar-refractivity contribution in [1.29, 1.82) is 0 Å². The zero-order valence-corrected chi connectivity index (χ0v) is 11.0. The molecule has 0 aromatic heterocycles. The SMILES string of the molecule is CC(C)COC(=O)Nc1cccc2c1CCCN2. The maximum Gasteiger partial charge on any atom is 0.411 e. The van der Waals surface area contributed by atoms with Crippen LogP contribution in [0.2, 0.25) is 0 Å². The van der Waals surface area contributed by atoms with Gasteiger partial charge in [-0.15, -0.1) is 0 Å². The molecule has 1 aromatic rings. The van der Waals surface area contributed by atoms with Gasteiger partial charge in [0, 0.05) is 17.9 Å². The van der Waals surface area contributed by atoms with E-state index >= 15 is 0 Å². The summed E-state index contributed by atoms with van der Waals surface area (Å²) in [5, 5.41) is 6.16. The number of nitrogens with one attached hydrogen (secondary N) is 2. The Morgan fingerprint density at radius 2 is 2.33 bits per heavy atom. The van der Waals surface area contributed by atoms with Crippen LogP contribution < -0.4 is 10.6 Å². The first-order valence-corrected chi connectivity index (χ1v) is 6.46. The molecule has 0 spiro atoms. The molecular weight excluding hydrogens is 228 g/mol. The number of fused-ring (bicyclic) bond motifs is 1. The van der Waals surface area contributed by atoms with E-state index in [1.54, 1.807) is 0 Å². The third-order valence-electron chi connectivity index (χ3n) is 2.88. The number of anilines is 2. The van der Waals surface area contributed by atoms with Gasteiger partial charge in [-0.1, -0.05) is 19.9 Å². The molecule has 1 amide bonds.